The molecular formula is C26H24N4O. The normalized spacial score (nSPS) is 15.0. The molecule has 0 N–H and O–H groups in total. The smallest absolute Gasteiger partial charge is 0.233 e. The summed E-state index contributed by atoms with van der Waals surface area (Å²) in [5.74, 6) is 1.82. The summed E-state index contributed by atoms with van der Waals surface area (Å²) in [6.45, 7) is 4.83. The number of nitrogens with zero attached hydrogens (tertiary/aromatic N) is 4. The van der Waals surface area contributed by atoms with Gasteiger partial charge in [-0.3, -0.25) is 14.7 Å². The van der Waals surface area contributed by atoms with E-state index in [1.54, 1.807) is 11.1 Å². The van der Waals surface area contributed by atoms with Crippen molar-refractivity contribution in [1.82, 2.24) is 9.97 Å². The van der Waals surface area contributed by atoms with E-state index < -0.39 is 0 Å². The molecule has 2 aliphatic heterocycles. The van der Waals surface area contributed by atoms with Crippen LogP contribution in [0.25, 0.3) is 11.4 Å². The van der Waals surface area contributed by atoms with E-state index in [9.17, 15) is 4.79 Å². The Morgan fingerprint density at radius 1 is 1.06 bits per heavy atom. The fourth-order valence-corrected chi connectivity index (χ4v) is 4.17. The molecule has 0 saturated heterocycles. The first kappa shape index (κ1) is 19.4. The molecule has 3 aromatic rings. The molecule has 154 valence electrons. The molecule has 5 heteroatoms. The van der Waals surface area contributed by atoms with Crippen molar-refractivity contribution in [2.75, 3.05) is 4.90 Å². The Balaban J connectivity index is 1.44. The lowest BCUT2D eigenvalue weighted by atomic mass is 9.97. The van der Waals surface area contributed by atoms with Crippen molar-refractivity contribution in [3.8, 4) is 11.4 Å². The second-order valence-electron chi connectivity index (χ2n) is 8.30. The van der Waals surface area contributed by atoms with Crippen molar-refractivity contribution in [1.29, 1.82) is 0 Å². The average molecular weight is 409 g/mol. The zero-order chi connectivity index (χ0) is 21.4. The van der Waals surface area contributed by atoms with Gasteiger partial charge >= 0.3 is 0 Å². The lowest BCUT2D eigenvalue weighted by Crippen LogP contribution is -2.26. The number of carbonyl (C=O) groups excluding carboxylic acids is 1. The lowest BCUT2D eigenvalue weighted by molar-refractivity contribution is -0.117. The predicted molar refractivity (Wildman–Crippen MR) is 123 cm³/mol. The first-order valence-electron chi connectivity index (χ1n) is 10.7. The van der Waals surface area contributed by atoms with Crippen molar-refractivity contribution in [3.05, 3.63) is 89.3 Å². The molecule has 1 amide bonds. The third-order valence-electron chi connectivity index (χ3n) is 5.84. The Morgan fingerprint density at radius 2 is 1.87 bits per heavy atom. The number of amides is 1. The van der Waals surface area contributed by atoms with Crippen LogP contribution in [0.15, 0.2) is 72.0 Å². The van der Waals surface area contributed by atoms with Crippen molar-refractivity contribution < 1.29 is 4.79 Å². The van der Waals surface area contributed by atoms with Gasteiger partial charge in [-0.1, -0.05) is 68.5 Å². The minimum absolute atomic E-state index is 0.0621. The van der Waals surface area contributed by atoms with Gasteiger partial charge in [0, 0.05) is 29.9 Å². The van der Waals surface area contributed by atoms with Gasteiger partial charge in [-0.05, 0) is 22.6 Å². The molecule has 2 aromatic carbocycles. The first-order valence-corrected chi connectivity index (χ1v) is 10.7. The summed E-state index contributed by atoms with van der Waals surface area (Å²) in [7, 11) is 0. The number of rotatable bonds is 5. The molecule has 2 aliphatic rings. The Labute approximate surface area is 182 Å². The minimum atomic E-state index is 0.0621. The molecule has 3 heterocycles. The van der Waals surface area contributed by atoms with Gasteiger partial charge in [0.25, 0.3) is 0 Å². The van der Waals surface area contributed by atoms with E-state index in [4.69, 9.17) is 4.98 Å². The van der Waals surface area contributed by atoms with E-state index in [0.29, 0.717) is 24.7 Å². The van der Waals surface area contributed by atoms with E-state index >= 15 is 0 Å². The van der Waals surface area contributed by atoms with Crippen LogP contribution in [-0.4, -0.2) is 21.6 Å². The third kappa shape index (κ3) is 3.67. The van der Waals surface area contributed by atoms with Crippen LogP contribution in [-0.2, 0) is 17.8 Å². The van der Waals surface area contributed by atoms with Crippen LogP contribution in [0.5, 0.6) is 0 Å². The van der Waals surface area contributed by atoms with Crippen LogP contribution in [0.1, 0.15) is 48.4 Å². The number of fused-ring (bicyclic) bond motifs is 1. The molecule has 0 radical (unpaired) electrons. The number of aliphatic imine (C=N–C) groups is 1. The van der Waals surface area contributed by atoms with Crippen molar-refractivity contribution in [2.24, 2.45) is 4.99 Å². The predicted octanol–water partition coefficient (Wildman–Crippen LogP) is 5.06. The molecule has 0 aliphatic carbocycles. The molecule has 31 heavy (non-hydrogen) atoms. The Hall–Kier alpha value is -3.60. The van der Waals surface area contributed by atoms with E-state index in [1.165, 1.54) is 5.56 Å². The van der Waals surface area contributed by atoms with E-state index in [2.05, 4.69) is 66.3 Å². The summed E-state index contributed by atoms with van der Waals surface area (Å²) in [4.78, 5) is 28.4. The zero-order valence-corrected chi connectivity index (χ0v) is 17.7. The summed E-state index contributed by atoms with van der Waals surface area (Å²) < 4.78 is 0. The van der Waals surface area contributed by atoms with E-state index in [0.717, 1.165) is 40.2 Å². The van der Waals surface area contributed by atoms with Gasteiger partial charge in [-0.25, -0.2) is 9.97 Å². The largest absolute Gasteiger partial charge is 0.292 e. The number of hydrogen-bond donors (Lipinski definition) is 0. The van der Waals surface area contributed by atoms with Crippen molar-refractivity contribution >= 4 is 17.4 Å². The van der Waals surface area contributed by atoms with Gasteiger partial charge in [0.2, 0.25) is 5.91 Å². The number of benzene rings is 2. The number of carbonyl (C=O) groups is 1. The summed E-state index contributed by atoms with van der Waals surface area (Å²) in [6.07, 6.45) is 6.92. The van der Waals surface area contributed by atoms with Crippen molar-refractivity contribution in [2.45, 2.75) is 39.2 Å². The summed E-state index contributed by atoms with van der Waals surface area (Å²) in [5.41, 5.74) is 6.39. The maximum atomic E-state index is 12.8. The Bertz CT molecular complexity index is 1210. The number of anilines is 1. The zero-order valence-electron chi connectivity index (χ0n) is 17.7. The third-order valence-corrected chi connectivity index (χ3v) is 5.84. The highest BCUT2D eigenvalue weighted by molar-refractivity contribution is 6.03. The number of aromatic nitrogens is 2. The summed E-state index contributed by atoms with van der Waals surface area (Å²) in [5, 5.41) is 0. The van der Waals surface area contributed by atoms with E-state index in [1.807, 2.05) is 18.3 Å². The van der Waals surface area contributed by atoms with E-state index in [-0.39, 0.29) is 5.91 Å². The van der Waals surface area contributed by atoms with Gasteiger partial charge in [-0.2, -0.15) is 0 Å². The van der Waals surface area contributed by atoms with Crippen LogP contribution in [0.2, 0.25) is 0 Å². The Kier molecular flexibility index (Phi) is 4.94. The van der Waals surface area contributed by atoms with Crippen LogP contribution in [0.4, 0.5) is 5.82 Å². The van der Waals surface area contributed by atoms with Crippen LogP contribution in [0.3, 0.4) is 0 Å². The fourth-order valence-electron chi connectivity index (χ4n) is 4.17. The number of allylic oxidation sites excluding steroid dienone is 1. The minimum Gasteiger partial charge on any atom is -0.292 e. The quantitative estimate of drug-likeness (QED) is 0.593. The molecular weight excluding hydrogens is 384 g/mol. The van der Waals surface area contributed by atoms with Crippen molar-refractivity contribution in [3.63, 3.8) is 0 Å². The van der Waals surface area contributed by atoms with Crippen LogP contribution < -0.4 is 4.90 Å². The second kappa shape index (κ2) is 7.91. The highest BCUT2D eigenvalue weighted by Gasteiger charge is 2.30. The first-order chi connectivity index (χ1) is 15.1. The molecule has 5 rings (SSSR count). The van der Waals surface area contributed by atoms with Gasteiger partial charge < -0.3 is 0 Å². The molecule has 0 unspecified atom stereocenters. The Morgan fingerprint density at radius 3 is 2.61 bits per heavy atom. The molecule has 0 fully saturated rings. The second-order valence-corrected chi connectivity index (χ2v) is 8.30. The van der Waals surface area contributed by atoms with Gasteiger partial charge in [-0.15, -0.1) is 0 Å². The highest BCUT2D eigenvalue weighted by atomic mass is 16.2. The topological polar surface area (TPSA) is 58.5 Å². The standard InChI is InChI=1S/C26H24N4O/c1-17(2)21-6-3-4-7-22(21)25-28-15-20-14-24(31)30(26(20)29-25)16-18-9-11-19(12-10-18)23-8-5-13-27-23/h3-7,9-13,15,17H,8,14,16H2,1-2H3. The summed E-state index contributed by atoms with van der Waals surface area (Å²) in [6, 6.07) is 16.5. The maximum Gasteiger partial charge on any atom is 0.233 e. The van der Waals surface area contributed by atoms with Crippen LogP contribution >= 0.6 is 0 Å². The van der Waals surface area contributed by atoms with Gasteiger partial charge in [0.1, 0.15) is 5.82 Å². The molecule has 0 atom stereocenters. The fraction of sp³-hybridized carbons (Fsp3) is 0.231. The van der Waals surface area contributed by atoms with Crippen LogP contribution in [0, 0.1) is 0 Å². The average Bonchev–Trinajstić information content (AvgIpc) is 3.43. The summed E-state index contributed by atoms with van der Waals surface area (Å²) >= 11 is 0. The monoisotopic (exact) mass is 408 g/mol. The highest BCUT2D eigenvalue weighted by Crippen LogP contribution is 2.32. The maximum absolute atomic E-state index is 12.8. The number of hydrogen-bond acceptors (Lipinski definition) is 4. The molecule has 0 bridgehead atoms. The van der Waals surface area contributed by atoms with Gasteiger partial charge in [0.15, 0.2) is 5.82 Å². The molecule has 0 spiro atoms. The molecule has 5 nitrogen and oxygen atoms in total. The molecule has 1 aromatic heterocycles. The lowest BCUT2D eigenvalue weighted by Gasteiger charge is -2.18. The van der Waals surface area contributed by atoms with Gasteiger partial charge in [0.05, 0.1) is 18.7 Å². The molecule has 0 saturated carbocycles. The SMILES string of the molecule is CC(C)c1ccccc1-c1ncc2c(n1)N(Cc1ccc(C3=NC=CC3)cc1)C(=O)C2.